The number of aliphatic hydroxyl groups excluding tert-OH is 1. The van der Waals surface area contributed by atoms with Crippen LogP contribution in [0.2, 0.25) is 0 Å². The fraction of sp³-hybridized carbons (Fsp3) is 0.538. The molecule has 3 heterocycles. The number of hydrogen-bond donors (Lipinski definition) is 2. The van der Waals surface area contributed by atoms with Gasteiger partial charge in [0, 0.05) is 18.9 Å². The molecule has 6 heteroatoms. The number of aliphatic hydroxyl groups is 1. The van der Waals surface area contributed by atoms with Crippen LogP contribution in [0.5, 0.6) is 0 Å². The van der Waals surface area contributed by atoms with E-state index in [0.29, 0.717) is 19.2 Å². The summed E-state index contributed by atoms with van der Waals surface area (Å²) >= 11 is 0. The zero-order valence-corrected chi connectivity index (χ0v) is 11.0. The zero-order chi connectivity index (χ0) is 13.3. The van der Waals surface area contributed by atoms with E-state index in [1.807, 2.05) is 25.1 Å². The Balaban J connectivity index is 1.89. The molecule has 0 aromatic carbocycles. The minimum absolute atomic E-state index is 0.0604. The first-order chi connectivity index (χ1) is 9.22. The first-order valence-electron chi connectivity index (χ1n) is 6.52. The molecule has 19 heavy (non-hydrogen) atoms. The molecule has 0 bridgehead atoms. The standard InChI is InChI=1S/C13H18N4O2/c1-10-3-2-4-11-14-12(16-17(10)11)15-13(9-18)5-7-19-8-6-13/h2-4,18H,5-9H2,1H3,(H,15,16). The minimum Gasteiger partial charge on any atom is -0.394 e. The van der Waals surface area contributed by atoms with Crippen molar-refractivity contribution in [3.05, 3.63) is 23.9 Å². The van der Waals surface area contributed by atoms with Gasteiger partial charge >= 0.3 is 0 Å². The van der Waals surface area contributed by atoms with Crippen LogP contribution < -0.4 is 5.32 Å². The van der Waals surface area contributed by atoms with Crippen molar-refractivity contribution in [2.75, 3.05) is 25.1 Å². The van der Waals surface area contributed by atoms with Gasteiger partial charge in [0.25, 0.3) is 0 Å². The van der Waals surface area contributed by atoms with Gasteiger partial charge in [-0.15, -0.1) is 5.10 Å². The Morgan fingerprint density at radius 2 is 2.21 bits per heavy atom. The topological polar surface area (TPSA) is 71.7 Å². The molecule has 0 unspecified atom stereocenters. The molecule has 2 aromatic rings. The lowest BCUT2D eigenvalue weighted by atomic mass is 9.91. The lowest BCUT2D eigenvalue weighted by Crippen LogP contribution is -2.47. The van der Waals surface area contributed by atoms with Gasteiger partial charge in [0.05, 0.1) is 12.1 Å². The molecule has 0 saturated carbocycles. The molecule has 1 aliphatic rings. The van der Waals surface area contributed by atoms with Crippen LogP contribution >= 0.6 is 0 Å². The number of aromatic nitrogens is 3. The minimum atomic E-state index is -0.364. The van der Waals surface area contributed by atoms with Gasteiger partial charge in [-0.1, -0.05) is 6.07 Å². The van der Waals surface area contributed by atoms with Crippen LogP contribution in [0.25, 0.3) is 5.65 Å². The van der Waals surface area contributed by atoms with Crippen molar-refractivity contribution in [1.82, 2.24) is 14.6 Å². The Hall–Kier alpha value is -1.66. The Bertz CT molecular complexity index is 575. The van der Waals surface area contributed by atoms with Crippen LogP contribution in [0.15, 0.2) is 18.2 Å². The van der Waals surface area contributed by atoms with E-state index in [1.165, 1.54) is 0 Å². The third-order valence-electron chi connectivity index (χ3n) is 3.68. The van der Waals surface area contributed by atoms with E-state index >= 15 is 0 Å². The second-order valence-electron chi connectivity index (χ2n) is 5.05. The molecule has 0 atom stereocenters. The predicted octanol–water partition coefficient (Wildman–Crippen LogP) is 0.991. The monoisotopic (exact) mass is 262 g/mol. The Morgan fingerprint density at radius 3 is 2.89 bits per heavy atom. The molecular formula is C13H18N4O2. The van der Waals surface area contributed by atoms with Crippen LogP contribution in [-0.2, 0) is 4.74 Å². The molecule has 0 spiro atoms. The van der Waals surface area contributed by atoms with Gasteiger partial charge in [0.2, 0.25) is 5.95 Å². The van der Waals surface area contributed by atoms with Crippen LogP contribution in [0.4, 0.5) is 5.95 Å². The highest BCUT2D eigenvalue weighted by molar-refractivity contribution is 5.45. The summed E-state index contributed by atoms with van der Waals surface area (Å²) in [4.78, 5) is 4.45. The molecule has 0 radical (unpaired) electrons. The molecule has 0 aliphatic carbocycles. The Labute approximate surface area is 111 Å². The number of anilines is 1. The molecule has 0 amide bonds. The van der Waals surface area contributed by atoms with Gasteiger partial charge in [-0.05, 0) is 31.9 Å². The van der Waals surface area contributed by atoms with Gasteiger partial charge < -0.3 is 15.2 Å². The summed E-state index contributed by atoms with van der Waals surface area (Å²) in [5.74, 6) is 0.560. The molecule has 3 rings (SSSR count). The van der Waals surface area contributed by atoms with Crippen LogP contribution in [0, 0.1) is 6.92 Å². The lowest BCUT2D eigenvalue weighted by molar-refractivity contribution is 0.0377. The predicted molar refractivity (Wildman–Crippen MR) is 71.2 cm³/mol. The van der Waals surface area contributed by atoms with E-state index in [1.54, 1.807) is 4.52 Å². The highest BCUT2D eigenvalue weighted by Gasteiger charge is 2.33. The molecule has 1 fully saturated rings. The quantitative estimate of drug-likeness (QED) is 0.863. The molecule has 2 N–H and O–H groups in total. The summed E-state index contributed by atoms with van der Waals surface area (Å²) in [6.45, 7) is 3.35. The maximum absolute atomic E-state index is 9.65. The number of ether oxygens (including phenoxy) is 1. The van der Waals surface area contributed by atoms with E-state index in [2.05, 4.69) is 15.4 Å². The molecule has 6 nitrogen and oxygen atoms in total. The van der Waals surface area contributed by atoms with E-state index in [0.717, 1.165) is 24.2 Å². The number of nitrogens with zero attached hydrogens (tertiary/aromatic N) is 3. The van der Waals surface area contributed by atoms with Gasteiger partial charge in [-0.3, -0.25) is 0 Å². The average Bonchev–Trinajstić information content (AvgIpc) is 2.83. The van der Waals surface area contributed by atoms with Crippen molar-refractivity contribution >= 4 is 11.6 Å². The normalized spacial score (nSPS) is 18.6. The maximum Gasteiger partial charge on any atom is 0.243 e. The van der Waals surface area contributed by atoms with Crippen molar-refractivity contribution in [2.45, 2.75) is 25.3 Å². The van der Waals surface area contributed by atoms with Gasteiger partial charge in [-0.2, -0.15) is 4.98 Å². The van der Waals surface area contributed by atoms with E-state index in [-0.39, 0.29) is 12.1 Å². The summed E-state index contributed by atoms with van der Waals surface area (Å²) in [7, 11) is 0. The van der Waals surface area contributed by atoms with Crippen LogP contribution in [-0.4, -0.2) is 45.1 Å². The van der Waals surface area contributed by atoms with E-state index < -0.39 is 0 Å². The smallest absolute Gasteiger partial charge is 0.243 e. The SMILES string of the molecule is Cc1cccc2nc(NC3(CO)CCOCC3)nn12. The van der Waals surface area contributed by atoms with Crippen LogP contribution in [0.3, 0.4) is 0 Å². The van der Waals surface area contributed by atoms with Gasteiger partial charge in [0.1, 0.15) is 0 Å². The third-order valence-corrected chi connectivity index (χ3v) is 3.68. The number of pyridine rings is 1. The fourth-order valence-corrected chi connectivity index (χ4v) is 2.41. The van der Waals surface area contributed by atoms with Gasteiger partial charge in [0.15, 0.2) is 5.65 Å². The van der Waals surface area contributed by atoms with Crippen molar-refractivity contribution < 1.29 is 9.84 Å². The second kappa shape index (κ2) is 4.79. The highest BCUT2D eigenvalue weighted by atomic mass is 16.5. The third kappa shape index (κ3) is 2.29. The largest absolute Gasteiger partial charge is 0.394 e. The average molecular weight is 262 g/mol. The van der Waals surface area contributed by atoms with Crippen molar-refractivity contribution in [3.63, 3.8) is 0 Å². The zero-order valence-electron chi connectivity index (χ0n) is 11.0. The number of nitrogens with one attached hydrogen (secondary N) is 1. The summed E-state index contributed by atoms with van der Waals surface area (Å²) < 4.78 is 7.14. The fourth-order valence-electron chi connectivity index (χ4n) is 2.41. The second-order valence-corrected chi connectivity index (χ2v) is 5.05. The summed E-state index contributed by atoms with van der Waals surface area (Å²) in [6, 6.07) is 5.86. The highest BCUT2D eigenvalue weighted by Crippen LogP contribution is 2.24. The first kappa shape index (κ1) is 12.4. The molecule has 102 valence electrons. The van der Waals surface area contributed by atoms with E-state index in [4.69, 9.17) is 4.74 Å². The first-order valence-corrected chi connectivity index (χ1v) is 6.52. The van der Waals surface area contributed by atoms with Gasteiger partial charge in [-0.25, -0.2) is 4.52 Å². The molecule has 1 aliphatic heterocycles. The van der Waals surface area contributed by atoms with Crippen molar-refractivity contribution in [3.8, 4) is 0 Å². The number of rotatable bonds is 3. The summed E-state index contributed by atoms with van der Waals surface area (Å²) in [6.07, 6.45) is 1.52. The van der Waals surface area contributed by atoms with E-state index in [9.17, 15) is 5.11 Å². The maximum atomic E-state index is 9.65. The van der Waals surface area contributed by atoms with Crippen molar-refractivity contribution in [1.29, 1.82) is 0 Å². The number of aryl methyl sites for hydroxylation is 1. The Morgan fingerprint density at radius 1 is 1.42 bits per heavy atom. The molecule has 1 saturated heterocycles. The molecule has 2 aromatic heterocycles. The number of hydrogen-bond acceptors (Lipinski definition) is 5. The summed E-state index contributed by atoms with van der Waals surface area (Å²) in [5, 5.41) is 17.4. The van der Waals surface area contributed by atoms with Crippen LogP contribution in [0.1, 0.15) is 18.5 Å². The number of fused-ring (bicyclic) bond motifs is 1. The molecular weight excluding hydrogens is 244 g/mol. The summed E-state index contributed by atoms with van der Waals surface area (Å²) in [5.41, 5.74) is 1.47. The van der Waals surface area contributed by atoms with Crippen molar-refractivity contribution in [2.24, 2.45) is 0 Å². The lowest BCUT2D eigenvalue weighted by Gasteiger charge is -2.35. The Kier molecular flexibility index (Phi) is 3.12.